The van der Waals surface area contributed by atoms with E-state index in [1.54, 1.807) is 26.8 Å². The molecule has 3 unspecified atom stereocenters. The number of fused-ring (bicyclic) bond motifs is 1. The van der Waals surface area contributed by atoms with Crippen LogP contribution in [-0.4, -0.2) is 46.4 Å². The van der Waals surface area contributed by atoms with Crippen molar-refractivity contribution in [3.8, 4) is 0 Å². The highest BCUT2D eigenvalue weighted by Gasteiger charge is 2.39. The second-order valence-electron chi connectivity index (χ2n) is 11.2. The van der Waals surface area contributed by atoms with Gasteiger partial charge in [0.15, 0.2) is 0 Å². The van der Waals surface area contributed by atoms with Crippen molar-refractivity contribution in [2.75, 3.05) is 5.32 Å². The van der Waals surface area contributed by atoms with Crippen LogP contribution in [0.25, 0.3) is 10.8 Å². The van der Waals surface area contributed by atoms with Crippen LogP contribution in [0.15, 0.2) is 66.7 Å². The average molecular weight is 561 g/mol. The topological polar surface area (TPSA) is 131 Å². The number of benzene rings is 3. The number of nitrogens with one attached hydrogen (secondary N) is 2. The molecule has 0 aromatic heterocycles. The van der Waals surface area contributed by atoms with Gasteiger partial charge in [0.1, 0.15) is 17.7 Å². The molecule has 0 radical (unpaired) electrons. The van der Waals surface area contributed by atoms with E-state index in [9.17, 15) is 19.2 Å². The zero-order valence-electron chi connectivity index (χ0n) is 24.6. The van der Waals surface area contributed by atoms with Crippen LogP contribution in [0.3, 0.4) is 0 Å². The number of amides is 4. The van der Waals surface area contributed by atoms with Crippen LogP contribution in [-0.2, 0) is 19.1 Å². The molecule has 3 atom stereocenters. The second-order valence-corrected chi connectivity index (χ2v) is 11.2. The maximum atomic E-state index is 14.2. The number of alkyl carbamates (subject to hydrolysis) is 1. The predicted octanol–water partition coefficient (Wildman–Crippen LogP) is 5.22. The number of primary amides is 1. The van der Waals surface area contributed by atoms with Gasteiger partial charge in [-0.3, -0.25) is 14.4 Å². The van der Waals surface area contributed by atoms with E-state index in [1.807, 2.05) is 81.4 Å². The Labute approximate surface area is 241 Å². The van der Waals surface area contributed by atoms with Gasteiger partial charge in [0, 0.05) is 11.7 Å². The third kappa shape index (κ3) is 8.54. The summed E-state index contributed by atoms with van der Waals surface area (Å²) in [5, 5.41) is 7.47. The number of anilines is 1. The first-order chi connectivity index (χ1) is 19.3. The van der Waals surface area contributed by atoms with E-state index in [2.05, 4.69) is 10.6 Å². The molecule has 0 spiro atoms. The number of rotatable bonds is 10. The summed E-state index contributed by atoms with van der Waals surface area (Å²) in [4.78, 5) is 54.3. The molecule has 4 N–H and O–H groups in total. The summed E-state index contributed by atoms with van der Waals surface area (Å²) in [5.41, 5.74) is 6.72. The Balaban J connectivity index is 2.06. The minimum atomic E-state index is -1.34. The summed E-state index contributed by atoms with van der Waals surface area (Å²) in [7, 11) is 0. The van der Waals surface area contributed by atoms with E-state index in [4.69, 9.17) is 10.5 Å². The Bertz CT molecular complexity index is 1410. The zero-order chi connectivity index (χ0) is 30.3. The summed E-state index contributed by atoms with van der Waals surface area (Å²) in [5.74, 6) is -1.84. The summed E-state index contributed by atoms with van der Waals surface area (Å²) < 4.78 is 5.34. The van der Waals surface area contributed by atoms with E-state index in [1.165, 1.54) is 4.90 Å². The lowest BCUT2D eigenvalue weighted by atomic mass is 9.98. The average Bonchev–Trinajstić information content (AvgIpc) is 2.89. The third-order valence-electron chi connectivity index (χ3n) is 6.62. The molecule has 0 aliphatic carbocycles. The Hall–Kier alpha value is -4.40. The van der Waals surface area contributed by atoms with Crippen LogP contribution >= 0.6 is 0 Å². The molecule has 3 rings (SSSR count). The third-order valence-corrected chi connectivity index (χ3v) is 6.62. The molecule has 218 valence electrons. The smallest absolute Gasteiger partial charge is 0.408 e. The molecular formula is C32H40N4O5. The Kier molecular flexibility index (Phi) is 10.1. The lowest BCUT2D eigenvalue weighted by Crippen LogP contribution is -2.55. The van der Waals surface area contributed by atoms with Crippen LogP contribution in [0.1, 0.15) is 64.6 Å². The van der Waals surface area contributed by atoms with Crippen molar-refractivity contribution in [3.63, 3.8) is 0 Å². The molecule has 3 aromatic carbocycles. The van der Waals surface area contributed by atoms with Crippen molar-refractivity contribution in [1.29, 1.82) is 0 Å². The first kappa shape index (κ1) is 31.1. The summed E-state index contributed by atoms with van der Waals surface area (Å²) in [6, 6.07) is 17.9. The number of carbonyl (C=O) groups excluding carboxylic acids is 4. The number of hydrogen-bond acceptors (Lipinski definition) is 5. The highest BCUT2D eigenvalue weighted by atomic mass is 16.6. The fourth-order valence-corrected chi connectivity index (χ4v) is 4.58. The maximum Gasteiger partial charge on any atom is 0.408 e. The minimum absolute atomic E-state index is 0.436. The number of nitrogens with two attached hydrogens (primary N) is 1. The van der Waals surface area contributed by atoms with Gasteiger partial charge in [0.05, 0.1) is 6.42 Å². The van der Waals surface area contributed by atoms with Crippen molar-refractivity contribution in [3.05, 3.63) is 77.9 Å². The van der Waals surface area contributed by atoms with E-state index in [0.29, 0.717) is 17.7 Å². The predicted molar refractivity (Wildman–Crippen MR) is 160 cm³/mol. The standard InChI is InChI=1S/C32H40N4O5/c1-7-21(3)36(30(39)26(19-27(33)37)35-31(40)41-32(4,5)6)28(24-14-10-11-20(2)17-24)29(38)34-25-16-15-22-12-8-9-13-23(22)18-25/h8-18,21,26,28H,7,19H2,1-6H3,(H2,33,37)(H,34,38)(H,35,40). The Morgan fingerprint density at radius 1 is 0.951 bits per heavy atom. The fourth-order valence-electron chi connectivity index (χ4n) is 4.58. The monoisotopic (exact) mass is 560 g/mol. The normalized spacial score (nSPS) is 13.5. The second kappa shape index (κ2) is 13.3. The highest BCUT2D eigenvalue weighted by Crippen LogP contribution is 2.29. The van der Waals surface area contributed by atoms with E-state index in [0.717, 1.165) is 16.3 Å². The van der Waals surface area contributed by atoms with Crippen LogP contribution < -0.4 is 16.4 Å². The van der Waals surface area contributed by atoms with E-state index >= 15 is 0 Å². The molecule has 0 aliphatic rings. The van der Waals surface area contributed by atoms with Crippen LogP contribution in [0.4, 0.5) is 10.5 Å². The van der Waals surface area contributed by atoms with Crippen molar-refractivity contribution in [1.82, 2.24) is 10.2 Å². The summed E-state index contributed by atoms with van der Waals surface area (Å²) in [6.07, 6.45) is -0.820. The van der Waals surface area contributed by atoms with Gasteiger partial charge >= 0.3 is 6.09 Å². The van der Waals surface area contributed by atoms with Gasteiger partial charge in [-0.2, -0.15) is 0 Å². The number of nitrogens with zero attached hydrogens (tertiary/aromatic N) is 1. The van der Waals surface area contributed by atoms with Crippen molar-refractivity contribution in [2.24, 2.45) is 5.73 Å². The number of ether oxygens (including phenoxy) is 1. The SMILES string of the molecule is CCC(C)N(C(=O)C(CC(N)=O)NC(=O)OC(C)(C)C)C(C(=O)Nc1ccc2ccccc2c1)c1cccc(C)c1. The van der Waals surface area contributed by atoms with E-state index in [-0.39, 0.29) is 0 Å². The molecule has 0 bridgehead atoms. The molecule has 0 aliphatic heterocycles. The molecule has 9 nitrogen and oxygen atoms in total. The van der Waals surface area contributed by atoms with Gasteiger partial charge in [0.25, 0.3) is 5.91 Å². The quantitative estimate of drug-likeness (QED) is 0.313. The van der Waals surface area contributed by atoms with Crippen molar-refractivity contribution in [2.45, 2.75) is 78.1 Å². The van der Waals surface area contributed by atoms with Crippen LogP contribution in [0.5, 0.6) is 0 Å². The summed E-state index contributed by atoms with van der Waals surface area (Å²) >= 11 is 0. The van der Waals surface area contributed by atoms with Gasteiger partial charge in [-0.1, -0.05) is 67.1 Å². The van der Waals surface area contributed by atoms with Crippen LogP contribution in [0.2, 0.25) is 0 Å². The van der Waals surface area contributed by atoms with Gasteiger partial charge < -0.3 is 26.0 Å². The minimum Gasteiger partial charge on any atom is -0.444 e. The van der Waals surface area contributed by atoms with Crippen LogP contribution in [0, 0.1) is 6.92 Å². The first-order valence-electron chi connectivity index (χ1n) is 13.7. The lowest BCUT2D eigenvalue weighted by Gasteiger charge is -2.38. The molecule has 0 saturated carbocycles. The number of aryl methyl sites for hydroxylation is 1. The molecule has 4 amide bonds. The van der Waals surface area contributed by atoms with E-state index < -0.39 is 54.0 Å². The highest BCUT2D eigenvalue weighted by molar-refractivity contribution is 6.01. The lowest BCUT2D eigenvalue weighted by molar-refractivity contribution is -0.144. The Morgan fingerprint density at radius 2 is 1.63 bits per heavy atom. The number of carbonyl (C=O) groups is 4. The maximum absolute atomic E-state index is 14.2. The number of hydrogen-bond donors (Lipinski definition) is 3. The van der Waals surface area contributed by atoms with Crippen molar-refractivity contribution >= 4 is 40.3 Å². The first-order valence-corrected chi connectivity index (χ1v) is 13.7. The van der Waals surface area contributed by atoms with Gasteiger partial charge in [0.2, 0.25) is 11.8 Å². The fraction of sp³-hybridized carbons (Fsp3) is 0.375. The van der Waals surface area contributed by atoms with Gasteiger partial charge in [-0.05, 0) is 69.5 Å². The summed E-state index contributed by atoms with van der Waals surface area (Å²) in [6.45, 7) is 10.7. The molecule has 0 heterocycles. The molecule has 0 saturated heterocycles. The molecule has 41 heavy (non-hydrogen) atoms. The molecule has 9 heteroatoms. The van der Waals surface area contributed by atoms with Gasteiger partial charge in [-0.15, -0.1) is 0 Å². The molecule has 0 fully saturated rings. The zero-order valence-corrected chi connectivity index (χ0v) is 24.6. The molecular weight excluding hydrogens is 520 g/mol. The van der Waals surface area contributed by atoms with Gasteiger partial charge in [-0.25, -0.2) is 4.79 Å². The largest absolute Gasteiger partial charge is 0.444 e. The molecule has 3 aromatic rings. The van der Waals surface area contributed by atoms with Crippen molar-refractivity contribution < 1.29 is 23.9 Å². The Morgan fingerprint density at radius 3 is 2.24 bits per heavy atom.